The second-order valence-electron chi connectivity index (χ2n) is 7.13. The zero-order valence-electron chi connectivity index (χ0n) is 16.2. The molecule has 0 aliphatic heterocycles. The molecular weight excluding hydrogens is 338 g/mol. The molecule has 2 unspecified atom stereocenters. The molecule has 0 aromatic carbocycles. The summed E-state index contributed by atoms with van der Waals surface area (Å²) in [6.45, 7) is 4.85. The van der Waals surface area contributed by atoms with E-state index in [9.17, 15) is 19.2 Å². The average molecular weight is 369 g/mol. The number of Topliss-reactive ketones (excluding diaryl/α,β-unsaturated/α-hetero) is 2. The number of carbonyl (C=O) groups excluding carboxylic acids is 4. The highest BCUT2D eigenvalue weighted by molar-refractivity contribution is 5.87. The molecule has 1 aliphatic carbocycles. The molecule has 1 rings (SSSR count). The monoisotopic (exact) mass is 369 g/mol. The summed E-state index contributed by atoms with van der Waals surface area (Å²) in [6, 6.07) is -0.341. The lowest BCUT2D eigenvalue weighted by atomic mass is 9.94. The molecule has 0 saturated heterocycles. The van der Waals surface area contributed by atoms with Gasteiger partial charge in [-0.3, -0.25) is 14.4 Å². The van der Waals surface area contributed by atoms with Crippen molar-refractivity contribution in [1.29, 1.82) is 0 Å². The molecular formula is C19H31NO6. The Labute approximate surface area is 155 Å². The minimum atomic E-state index is -0.513. The first-order valence-electron chi connectivity index (χ1n) is 9.32. The summed E-state index contributed by atoms with van der Waals surface area (Å²) in [6.07, 6.45) is 2.75. The predicted octanol–water partition coefficient (Wildman–Crippen LogP) is 1.96. The Morgan fingerprint density at radius 2 is 1.42 bits per heavy atom. The van der Waals surface area contributed by atoms with Crippen LogP contribution in [0.5, 0.6) is 0 Å². The van der Waals surface area contributed by atoms with Gasteiger partial charge in [-0.2, -0.15) is 0 Å². The number of esters is 2. The number of hydrogen-bond donors (Lipinski definition) is 1. The van der Waals surface area contributed by atoms with E-state index < -0.39 is 5.92 Å². The largest absolute Gasteiger partial charge is 0.462 e. The molecule has 0 heterocycles. The SMILES string of the molecule is CNC(C)C(=O)OC1CCC(OC(=O)C(C)CC(=O)CCC(C)=O)CC1. The molecule has 0 aromatic rings. The molecule has 0 spiro atoms. The van der Waals surface area contributed by atoms with Crippen LogP contribution in [-0.2, 0) is 28.7 Å². The lowest BCUT2D eigenvalue weighted by Crippen LogP contribution is -2.37. The van der Waals surface area contributed by atoms with E-state index in [1.807, 2.05) is 0 Å². The van der Waals surface area contributed by atoms with Crippen molar-refractivity contribution in [2.45, 2.75) is 84.0 Å². The van der Waals surface area contributed by atoms with E-state index >= 15 is 0 Å². The number of carbonyl (C=O) groups is 4. The van der Waals surface area contributed by atoms with E-state index in [1.165, 1.54) is 6.92 Å². The van der Waals surface area contributed by atoms with Crippen molar-refractivity contribution in [2.75, 3.05) is 7.05 Å². The molecule has 1 saturated carbocycles. The Bertz CT molecular complexity index is 510. The van der Waals surface area contributed by atoms with Crippen molar-refractivity contribution >= 4 is 23.5 Å². The van der Waals surface area contributed by atoms with Crippen LogP contribution in [0.1, 0.15) is 65.7 Å². The fraction of sp³-hybridized carbons (Fsp3) is 0.789. The summed E-state index contributed by atoms with van der Waals surface area (Å²) in [5.41, 5.74) is 0. The molecule has 0 aromatic heterocycles. The third-order valence-electron chi connectivity index (χ3n) is 4.67. The smallest absolute Gasteiger partial charge is 0.323 e. The van der Waals surface area contributed by atoms with Crippen molar-refractivity contribution in [1.82, 2.24) is 5.32 Å². The maximum absolute atomic E-state index is 12.1. The van der Waals surface area contributed by atoms with Crippen molar-refractivity contribution < 1.29 is 28.7 Å². The predicted molar refractivity (Wildman–Crippen MR) is 95.5 cm³/mol. The second kappa shape index (κ2) is 11.1. The first kappa shape index (κ1) is 22.3. The molecule has 26 heavy (non-hydrogen) atoms. The van der Waals surface area contributed by atoms with Crippen LogP contribution in [0.3, 0.4) is 0 Å². The molecule has 148 valence electrons. The fourth-order valence-corrected chi connectivity index (χ4v) is 2.77. The lowest BCUT2D eigenvalue weighted by molar-refractivity contribution is -0.162. The number of rotatable bonds is 10. The first-order chi connectivity index (χ1) is 12.2. The van der Waals surface area contributed by atoms with Gasteiger partial charge in [0, 0.05) is 19.3 Å². The quantitative estimate of drug-likeness (QED) is 0.588. The Morgan fingerprint density at radius 3 is 1.88 bits per heavy atom. The van der Waals surface area contributed by atoms with E-state index in [0.717, 1.165) is 0 Å². The molecule has 2 atom stereocenters. The van der Waals surface area contributed by atoms with Crippen LogP contribution < -0.4 is 5.32 Å². The van der Waals surface area contributed by atoms with Gasteiger partial charge in [-0.25, -0.2) is 0 Å². The van der Waals surface area contributed by atoms with Crippen molar-refractivity contribution in [3.8, 4) is 0 Å². The van der Waals surface area contributed by atoms with Crippen molar-refractivity contribution in [3.05, 3.63) is 0 Å². The molecule has 0 bridgehead atoms. The summed E-state index contributed by atoms with van der Waals surface area (Å²) < 4.78 is 10.9. The van der Waals surface area contributed by atoms with Crippen LogP contribution in [0.15, 0.2) is 0 Å². The van der Waals surface area contributed by atoms with Gasteiger partial charge in [-0.05, 0) is 46.6 Å². The van der Waals surface area contributed by atoms with E-state index in [-0.39, 0.29) is 61.0 Å². The minimum Gasteiger partial charge on any atom is -0.462 e. The van der Waals surface area contributed by atoms with Gasteiger partial charge in [-0.1, -0.05) is 6.92 Å². The minimum absolute atomic E-state index is 0.0323. The highest BCUT2D eigenvalue weighted by Gasteiger charge is 2.29. The molecule has 1 aliphatic rings. The Morgan fingerprint density at radius 1 is 0.923 bits per heavy atom. The van der Waals surface area contributed by atoms with E-state index in [1.54, 1.807) is 20.9 Å². The van der Waals surface area contributed by atoms with Gasteiger partial charge in [0.2, 0.25) is 0 Å². The second-order valence-corrected chi connectivity index (χ2v) is 7.13. The van der Waals surface area contributed by atoms with Gasteiger partial charge in [0.25, 0.3) is 0 Å². The number of ketones is 2. The third kappa shape index (κ3) is 8.08. The van der Waals surface area contributed by atoms with Gasteiger partial charge in [-0.15, -0.1) is 0 Å². The topological polar surface area (TPSA) is 98.8 Å². The van der Waals surface area contributed by atoms with E-state index in [0.29, 0.717) is 25.7 Å². The summed E-state index contributed by atoms with van der Waals surface area (Å²) in [5, 5.41) is 2.84. The molecule has 1 fully saturated rings. The van der Waals surface area contributed by atoms with Gasteiger partial charge in [0.1, 0.15) is 29.8 Å². The third-order valence-corrected chi connectivity index (χ3v) is 4.67. The van der Waals surface area contributed by atoms with E-state index in [2.05, 4.69) is 5.32 Å². The van der Waals surface area contributed by atoms with Crippen LogP contribution in [-0.4, -0.2) is 48.8 Å². The van der Waals surface area contributed by atoms with Gasteiger partial charge in [0.15, 0.2) is 0 Å². The number of likely N-dealkylation sites (N-methyl/N-ethyl adjacent to an activating group) is 1. The van der Waals surface area contributed by atoms with Gasteiger partial charge >= 0.3 is 11.9 Å². The zero-order valence-corrected chi connectivity index (χ0v) is 16.2. The lowest BCUT2D eigenvalue weighted by Gasteiger charge is -2.29. The van der Waals surface area contributed by atoms with Crippen LogP contribution in [0.25, 0.3) is 0 Å². The van der Waals surface area contributed by atoms with Crippen LogP contribution in [0, 0.1) is 5.92 Å². The van der Waals surface area contributed by atoms with E-state index in [4.69, 9.17) is 9.47 Å². The summed E-state index contributed by atoms with van der Waals surface area (Å²) in [4.78, 5) is 46.6. The summed E-state index contributed by atoms with van der Waals surface area (Å²) in [7, 11) is 1.70. The summed E-state index contributed by atoms with van der Waals surface area (Å²) >= 11 is 0. The Kier molecular flexibility index (Phi) is 9.48. The molecule has 0 radical (unpaired) electrons. The Hall–Kier alpha value is -1.76. The van der Waals surface area contributed by atoms with Crippen molar-refractivity contribution in [3.63, 3.8) is 0 Å². The molecule has 1 N–H and O–H groups in total. The summed E-state index contributed by atoms with van der Waals surface area (Å²) in [5.74, 6) is -1.30. The first-order valence-corrected chi connectivity index (χ1v) is 9.32. The number of nitrogens with one attached hydrogen (secondary N) is 1. The van der Waals surface area contributed by atoms with Gasteiger partial charge in [0.05, 0.1) is 5.92 Å². The van der Waals surface area contributed by atoms with Gasteiger partial charge < -0.3 is 19.6 Å². The number of ether oxygens (including phenoxy) is 2. The maximum atomic E-state index is 12.1. The Balaban J connectivity index is 2.31. The fourth-order valence-electron chi connectivity index (χ4n) is 2.77. The highest BCUT2D eigenvalue weighted by atomic mass is 16.6. The maximum Gasteiger partial charge on any atom is 0.323 e. The van der Waals surface area contributed by atoms with Crippen LogP contribution in [0.2, 0.25) is 0 Å². The molecule has 7 heteroatoms. The standard InChI is InChI=1S/C19H31NO6/c1-12(11-15(22)6-5-13(2)21)18(23)25-16-7-9-17(10-8-16)26-19(24)14(3)20-4/h12,14,16-17,20H,5-11H2,1-4H3. The van der Waals surface area contributed by atoms with Crippen LogP contribution >= 0.6 is 0 Å². The van der Waals surface area contributed by atoms with Crippen LogP contribution in [0.4, 0.5) is 0 Å². The normalized spacial score (nSPS) is 22.2. The average Bonchev–Trinajstić information content (AvgIpc) is 2.60. The molecule has 0 amide bonds. The number of hydrogen-bond acceptors (Lipinski definition) is 7. The zero-order chi connectivity index (χ0) is 19.7. The molecule has 7 nitrogen and oxygen atoms in total. The van der Waals surface area contributed by atoms with Crippen molar-refractivity contribution in [2.24, 2.45) is 5.92 Å². The highest BCUT2D eigenvalue weighted by Crippen LogP contribution is 2.25.